The van der Waals surface area contributed by atoms with Crippen molar-refractivity contribution in [1.82, 2.24) is 14.8 Å². The number of halogens is 1. The Labute approximate surface area is 147 Å². The van der Waals surface area contributed by atoms with E-state index < -0.39 is 0 Å². The molecule has 3 rings (SSSR count). The monoisotopic (exact) mass is 347 g/mol. The Hall–Kier alpha value is -2.14. The summed E-state index contributed by atoms with van der Waals surface area (Å²) in [5.41, 5.74) is 2.19. The average Bonchev–Trinajstić information content (AvgIpc) is 3.08. The molecule has 128 valence electrons. The molecule has 0 saturated heterocycles. The van der Waals surface area contributed by atoms with Crippen molar-refractivity contribution in [2.24, 2.45) is 0 Å². The van der Waals surface area contributed by atoms with Crippen LogP contribution in [0.4, 0.5) is 4.79 Å². The van der Waals surface area contributed by atoms with E-state index in [-0.39, 0.29) is 12.1 Å². The standard InChI is InChI=1S/C18H22ClN3O2/c1-2-24-15-7-5-14(6-8-15)17-16-4-3-11-21(16)12-13-22(17)18(23)20-10-9-19/h3-8,11,17H,2,9-10,12-13H2,1H3,(H,20,23)/t17-/m0/s1. The van der Waals surface area contributed by atoms with E-state index in [4.69, 9.17) is 16.3 Å². The number of urea groups is 1. The fraction of sp³-hybridized carbons (Fsp3) is 0.389. The summed E-state index contributed by atoms with van der Waals surface area (Å²) in [5.74, 6) is 1.24. The van der Waals surface area contributed by atoms with Crippen LogP contribution in [0.3, 0.4) is 0 Å². The molecule has 0 fully saturated rings. The number of hydrogen-bond acceptors (Lipinski definition) is 2. The first-order valence-corrected chi connectivity index (χ1v) is 8.76. The van der Waals surface area contributed by atoms with Crippen molar-refractivity contribution >= 4 is 17.6 Å². The van der Waals surface area contributed by atoms with Crippen molar-refractivity contribution in [2.45, 2.75) is 19.5 Å². The van der Waals surface area contributed by atoms with Crippen LogP contribution in [0.1, 0.15) is 24.2 Å². The summed E-state index contributed by atoms with van der Waals surface area (Å²) in [4.78, 5) is 14.4. The van der Waals surface area contributed by atoms with Gasteiger partial charge in [0.2, 0.25) is 0 Å². The maximum Gasteiger partial charge on any atom is 0.318 e. The highest BCUT2D eigenvalue weighted by molar-refractivity contribution is 6.18. The van der Waals surface area contributed by atoms with Gasteiger partial charge in [0.15, 0.2) is 0 Å². The summed E-state index contributed by atoms with van der Waals surface area (Å²) in [5, 5.41) is 2.88. The molecule has 2 amide bonds. The Kier molecular flexibility index (Phi) is 5.30. The highest BCUT2D eigenvalue weighted by Gasteiger charge is 2.31. The summed E-state index contributed by atoms with van der Waals surface area (Å²) in [7, 11) is 0. The quantitative estimate of drug-likeness (QED) is 0.844. The molecule has 0 aliphatic carbocycles. The van der Waals surface area contributed by atoms with Gasteiger partial charge in [-0.25, -0.2) is 4.79 Å². The van der Waals surface area contributed by atoms with E-state index in [1.807, 2.05) is 42.2 Å². The Morgan fingerprint density at radius 1 is 1.29 bits per heavy atom. The average molecular weight is 348 g/mol. The minimum absolute atomic E-state index is 0.0815. The van der Waals surface area contributed by atoms with Crippen LogP contribution < -0.4 is 10.1 Å². The first-order valence-electron chi connectivity index (χ1n) is 8.22. The van der Waals surface area contributed by atoms with Gasteiger partial charge >= 0.3 is 6.03 Å². The van der Waals surface area contributed by atoms with Crippen LogP contribution in [0.5, 0.6) is 5.75 Å². The predicted molar refractivity (Wildman–Crippen MR) is 94.7 cm³/mol. The number of alkyl halides is 1. The van der Waals surface area contributed by atoms with Gasteiger partial charge in [0.25, 0.3) is 0 Å². The fourth-order valence-electron chi connectivity index (χ4n) is 3.12. The van der Waals surface area contributed by atoms with Crippen LogP contribution in [0.15, 0.2) is 42.6 Å². The van der Waals surface area contributed by atoms with Crippen molar-refractivity contribution < 1.29 is 9.53 Å². The molecule has 2 aromatic rings. The number of rotatable bonds is 5. The van der Waals surface area contributed by atoms with Crippen molar-refractivity contribution in [3.05, 3.63) is 53.9 Å². The normalized spacial score (nSPS) is 16.6. The lowest BCUT2D eigenvalue weighted by molar-refractivity contribution is 0.169. The first-order chi connectivity index (χ1) is 11.7. The molecule has 0 radical (unpaired) electrons. The van der Waals surface area contributed by atoms with E-state index in [1.165, 1.54) is 0 Å². The number of benzene rings is 1. The number of amides is 2. The summed E-state index contributed by atoms with van der Waals surface area (Å²) >= 11 is 5.70. The molecular weight excluding hydrogens is 326 g/mol. The second-order valence-electron chi connectivity index (χ2n) is 5.65. The molecule has 1 aromatic heterocycles. The lowest BCUT2D eigenvalue weighted by atomic mass is 10.00. The summed E-state index contributed by atoms with van der Waals surface area (Å²) in [6, 6.07) is 11.9. The predicted octanol–water partition coefficient (Wildman–Crippen LogP) is 3.24. The molecule has 2 heterocycles. The van der Waals surface area contributed by atoms with Gasteiger partial charge in [0, 0.05) is 37.4 Å². The molecule has 24 heavy (non-hydrogen) atoms. The third-order valence-electron chi connectivity index (χ3n) is 4.18. The third-order valence-corrected chi connectivity index (χ3v) is 4.37. The zero-order chi connectivity index (χ0) is 16.9. The van der Waals surface area contributed by atoms with Gasteiger partial charge in [-0.1, -0.05) is 12.1 Å². The SMILES string of the molecule is CCOc1ccc([C@H]2c3cccn3CCN2C(=O)NCCCl)cc1. The van der Waals surface area contributed by atoms with E-state index in [1.54, 1.807) is 0 Å². The van der Waals surface area contributed by atoms with Crippen LogP contribution in [0, 0.1) is 0 Å². The topological polar surface area (TPSA) is 46.5 Å². The minimum atomic E-state index is -0.111. The maximum absolute atomic E-state index is 12.6. The highest BCUT2D eigenvalue weighted by atomic mass is 35.5. The Balaban J connectivity index is 1.91. The van der Waals surface area contributed by atoms with Crippen LogP contribution in [-0.2, 0) is 6.54 Å². The molecule has 0 saturated carbocycles. The number of nitrogens with one attached hydrogen (secondary N) is 1. The van der Waals surface area contributed by atoms with Gasteiger partial charge < -0.3 is 19.5 Å². The summed E-state index contributed by atoms with van der Waals surface area (Å²) < 4.78 is 7.72. The zero-order valence-corrected chi connectivity index (χ0v) is 14.5. The van der Waals surface area contributed by atoms with Crippen molar-refractivity contribution in [3.63, 3.8) is 0 Å². The number of hydrogen-bond donors (Lipinski definition) is 1. The molecular formula is C18H22ClN3O2. The Morgan fingerprint density at radius 3 is 2.79 bits per heavy atom. The van der Waals surface area contributed by atoms with E-state index >= 15 is 0 Å². The van der Waals surface area contributed by atoms with E-state index in [0.717, 1.165) is 23.6 Å². The van der Waals surface area contributed by atoms with Gasteiger partial charge in [0.1, 0.15) is 5.75 Å². The molecule has 1 aliphatic rings. The van der Waals surface area contributed by atoms with Crippen molar-refractivity contribution in [3.8, 4) is 5.75 Å². The van der Waals surface area contributed by atoms with Crippen LogP contribution in [0.2, 0.25) is 0 Å². The molecule has 1 aromatic carbocycles. The lowest BCUT2D eigenvalue weighted by Crippen LogP contribution is -2.47. The molecule has 0 unspecified atom stereocenters. The van der Waals surface area contributed by atoms with Crippen molar-refractivity contribution in [1.29, 1.82) is 0 Å². The highest BCUT2D eigenvalue weighted by Crippen LogP contribution is 2.33. The third kappa shape index (κ3) is 3.36. The number of aromatic nitrogens is 1. The van der Waals surface area contributed by atoms with Gasteiger partial charge in [-0.2, -0.15) is 0 Å². The van der Waals surface area contributed by atoms with Gasteiger partial charge in [0.05, 0.1) is 12.6 Å². The molecule has 1 aliphatic heterocycles. The van der Waals surface area contributed by atoms with E-state index in [0.29, 0.717) is 25.6 Å². The second kappa shape index (κ2) is 7.62. The number of ether oxygens (including phenoxy) is 1. The first kappa shape index (κ1) is 16.7. The van der Waals surface area contributed by atoms with Gasteiger partial charge in [-0.3, -0.25) is 0 Å². The van der Waals surface area contributed by atoms with Crippen LogP contribution in [0.25, 0.3) is 0 Å². The number of nitrogens with zero attached hydrogens (tertiary/aromatic N) is 2. The van der Waals surface area contributed by atoms with Crippen LogP contribution in [-0.4, -0.2) is 41.1 Å². The Bertz CT molecular complexity index is 684. The molecule has 6 heteroatoms. The summed E-state index contributed by atoms with van der Waals surface area (Å²) in [6.07, 6.45) is 2.06. The molecule has 0 bridgehead atoms. The molecule has 0 spiro atoms. The molecule has 1 N–H and O–H groups in total. The molecule has 1 atom stereocenters. The smallest absolute Gasteiger partial charge is 0.318 e. The largest absolute Gasteiger partial charge is 0.494 e. The zero-order valence-electron chi connectivity index (χ0n) is 13.7. The minimum Gasteiger partial charge on any atom is -0.494 e. The number of carbonyl (C=O) groups is 1. The maximum atomic E-state index is 12.6. The number of fused-ring (bicyclic) bond motifs is 1. The Morgan fingerprint density at radius 2 is 2.08 bits per heavy atom. The number of carbonyl (C=O) groups excluding carboxylic acids is 1. The van der Waals surface area contributed by atoms with Crippen LogP contribution >= 0.6 is 11.6 Å². The van der Waals surface area contributed by atoms with E-state index in [9.17, 15) is 4.79 Å². The second-order valence-corrected chi connectivity index (χ2v) is 6.02. The lowest BCUT2D eigenvalue weighted by Gasteiger charge is -2.37. The summed E-state index contributed by atoms with van der Waals surface area (Å²) in [6.45, 7) is 4.52. The van der Waals surface area contributed by atoms with Crippen molar-refractivity contribution in [2.75, 3.05) is 25.6 Å². The van der Waals surface area contributed by atoms with Gasteiger partial charge in [-0.15, -0.1) is 11.6 Å². The van der Waals surface area contributed by atoms with E-state index in [2.05, 4.69) is 22.1 Å². The fourth-order valence-corrected chi connectivity index (χ4v) is 3.22. The molecule has 5 nitrogen and oxygen atoms in total. The van der Waals surface area contributed by atoms with Gasteiger partial charge in [-0.05, 0) is 36.8 Å².